The van der Waals surface area contributed by atoms with Crippen LogP contribution in [0.15, 0.2) is 71.0 Å². The number of carbonyl (C=O) groups excluding carboxylic acids is 1. The van der Waals surface area contributed by atoms with E-state index >= 15 is 0 Å². The van der Waals surface area contributed by atoms with Crippen molar-refractivity contribution in [1.82, 2.24) is 0 Å². The molecule has 0 saturated heterocycles. The third-order valence-electron chi connectivity index (χ3n) is 2.93. The highest BCUT2D eigenvalue weighted by molar-refractivity contribution is 8.02. The van der Waals surface area contributed by atoms with E-state index in [1.54, 1.807) is 30.5 Å². The van der Waals surface area contributed by atoms with E-state index in [2.05, 4.69) is 0 Å². The molecule has 0 fully saturated rings. The first-order valence-corrected chi connectivity index (χ1v) is 7.38. The van der Waals surface area contributed by atoms with Gasteiger partial charge in [0, 0.05) is 29.8 Å². The second-order valence-corrected chi connectivity index (χ2v) is 5.31. The van der Waals surface area contributed by atoms with Crippen LogP contribution in [0.1, 0.15) is 0 Å². The fraction of sp³-hybridized carbons (Fsp3) is 0.118. The minimum atomic E-state index is -0.0771. The van der Waals surface area contributed by atoms with Gasteiger partial charge in [-0.15, -0.1) is 0 Å². The van der Waals surface area contributed by atoms with E-state index in [1.807, 2.05) is 54.6 Å². The van der Waals surface area contributed by atoms with Crippen LogP contribution in [0.2, 0.25) is 0 Å². The molecular weight excluding hydrogens is 282 g/mol. The Morgan fingerprint density at radius 2 is 1.90 bits per heavy atom. The molecule has 0 unspecified atom stereocenters. The minimum Gasteiger partial charge on any atom is -0.497 e. The molecular formula is C17H17NO2S. The molecule has 0 bridgehead atoms. The smallest absolute Gasteiger partial charge is 0.251 e. The fourth-order valence-electron chi connectivity index (χ4n) is 1.73. The molecule has 1 amide bonds. The number of anilines is 1. The van der Waals surface area contributed by atoms with Crippen LogP contribution >= 0.6 is 11.8 Å². The highest BCUT2D eigenvalue weighted by atomic mass is 32.2. The van der Waals surface area contributed by atoms with E-state index in [0.29, 0.717) is 0 Å². The van der Waals surface area contributed by atoms with Crippen LogP contribution in [-0.4, -0.2) is 20.1 Å². The Bertz CT molecular complexity index is 626. The molecule has 0 aliphatic heterocycles. The molecule has 0 radical (unpaired) electrons. The topological polar surface area (TPSA) is 29.5 Å². The van der Waals surface area contributed by atoms with Crippen molar-refractivity contribution in [3.8, 4) is 5.75 Å². The lowest BCUT2D eigenvalue weighted by Gasteiger charge is -2.15. The molecule has 4 heteroatoms. The predicted octanol–water partition coefficient (Wildman–Crippen LogP) is 3.96. The summed E-state index contributed by atoms with van der Waals surface area (Å²) in [6.45, 7) is 0. The van der Waals surface area contributed by atoms with E-state index in [-0.39, 0.29) is 5.91 Å². The molecule has 108 valence electrons. The molecule has 0 aromatic heterocycles. The van der Waals surface area contributed by atoms with Gasteiger partial charge < -0.3 is 9.64 Å². The van der Waals surface area contributed by atoms with Gasteiger partial charge in [-0.2, -0.15) is 0 Å². The van der Waals surface area contributed by atoms with Crippen LogP contribution in [0.25, 0.3) is 0 Å². The number of amides is 1. The predicted molar refractivity (Wildman–Crippen MR) is 87.8 cm³/mol. The third-order valence-corrected chi connectivity index (χ3v) is 3.75. The molecule has 0 N–H and O–H groups in total. The Balaban J connectivity index is 1.99. The molecule has 0 heterocycles. The number of hydrogen-bond acceptors (Lipinski definition) is 3. The van der Waals surface area contributed by atoms with Crippen LogP contribution in [-0.2, 0) is 4.79 Å². The second-order valence-electron chi connectivity index (χ2n) is 4.33. The van der Waals surface area contributed by atoms with Crippen molar-refractivity contribution in [1.29, 1.82) is 0 Å². The molecule has 0 saturated carbocycles. The normalized spacial score (nSPS) is 10.6. The van der Waals surface area contributed by atoms with Gasteiger partial charge in [0.25, 0.3) is 5.91 Å². The van der Waals surface area contributed by atoms with Gasteiger partial charge in [-0.1, -0.05) is 36.0 Å². The third kappa shape index (κ3) is 4.39. The lowest BCUT2D eigenvalue weighted by atomic mass is 10.3. The number of methoxy groups -OCH3 is 1. The van der Waals surface area contributed by atoms with Crippen LogP contribution in [0.3, 0.4) is 0 Å². The van der Waals surface area contributed by atoms with E-state index in [4.69, 9.17) is 4.74 Å². The lowest BCUT2D eigenvalue weighted by Crippen LogP contribution is -2.23. The van der Waals surface area contributed by atoms with Gasteiger partial charge in [0.15, 0.2) is 0 Å². The maximum absolute atomic E-state index is 12.1. The van der Waals surface area contributed by atoms with E-state index in [1.165, 1.54) is 11.8 Å². The quantitative estimate of drug-likeness (QED) is 0.618. The average molecular weight is 299 g/mol. The van der Waals surface area contributed by atoms with Crippen LogP contribution in [0.5, 0.6) is 5.75 Å². The Kier molecular flexibility index (Phi) is 5.46. The van der Waals surface area contributed by atoms with E-state index < -0.39 is 0 Å². The largest absolute Gasteiger partial charge is 0.497 e. The number of ether oxygens (including phenoxy) is 1. The number of nitrogens with zero attached hydrogens (tertiary/aromatic N) is 1. The van der Waals surface area contributed by atoms with Crippen LogP contribution < -0.4 is 9.64 Å². The summed E-state index contributed by atoms with van der Waals surface area (Å²) in [6, 6.07) is 17.3. The number of carbonyl (C=O) groups is 1. The van der Waals surface area contributed by atoms with Crippen molar-refractivity contribution < 1.29 is 9.53 Å². The zero-order valence-corrected chi connectivity index (χ0v) is 12.8. The van der Waals surface area contributed by atoms with E-state index in [0.717, 1.165) is 16.3 Å². The zero-order chi connectivity index (χ0) is 15.1. The summed E-state index contributed by atoms with van der Waals surface area (Å²) in [5, 5.41) is 1.80. The number of thioether (sulfide) groups is 1. The lowest BCUT2D eigenvalue weighted by molar-refractivity contribution is -0.113. The SMILES string of the molecule is COc1cccc(N(C)C(=O)/C=C/Sc2ccccc2)c1. The van der Waals surface area contributed by atoms with Gasteiger partial charge in [-0.05, 0) is 29.7 Å². The number of benzene rings is 2. The molecule has 0 aliphatic rings. The average Bonchev–Trinajstić information content (AvgIpc) is 2.55. The summed E-state index contributed by atoms with van der Waals surface area (Å²) in [5.74, 6) is 0.654. The summed E-state index contributed by atoms with van der Waals surface area (Å²) in [4.78, 5) is 14.8. The van der Waals surface area contributed by atoms with Crippen molar-refractivity contribution in [2.24, 2.45) is 0 Å². The molecule has 2 rings (SSSR count). The monoisotopic (exact) mass is 299 g/mol. The first-order valence-electron chi connectivity index (χ1n) is 6.50. The van der Waals surface area contributed by atoms with Gasteiger partial charge in [-0.3, -0.25) is 4.79 Å². The van der Waals surface area contributed by atoms with Crippen molar-refractivity contribution in [2.45, 2.75) is 4.90 Å². The minimum absolute atomic E-state index is 0.0771. The van der Waals surface area contributed by atoms with Gasteiger partial charge >= 0.3 is 0 Å². The first kappa shape index (κ1) is 15.2. The summed E-state index contributed by atoms with van der Waals surface area (Å²) >= 11 is 1.52. The van der Waals surface area contributed by atoms with Crippen molar-refractivity contribution >= 4 is 23.4 Å². The van der Waals surface area contributed by atoms with Gasteiger partial charge in [0.2, 0.25) is 0 Å². The molecule has 0 spiro atoms. The number of likely N-dealkylation sites (N-methyl/N-ethyl adjacent to an activating group) is 1. The van der Waals surface area contributed by atoms with Crippen molar-refractivity contribution in [2.75, 3.05) is 19.1 Å². The number of rotatable bonds is 5. The fourth-order valence-corrected chi connectivity index (χ4v) is 2.38. The Morgan fingerprint density at radius 1 is 1.14 bits per heavy atom. The molecule has 2 aromatic rings. The molecule has 2 aromatic carbocycles. The maximum atomic E-state index is 12.1. The maximum Gasteiger partial charge on any atom is 0.251 e. The van der Waals surface area contributed by atoms with Gasteiger partial charge in [-0.25, -0.2) is 0 Å². The van der Waals surface area contributed by atoms with Gasteiger partial charge in [0.1, 0.15) is 5.75 Å². The second kappa shape index (κ2) is 7.55. The Morgan fingerprint density at radius 3 is 2.62 bits per heavy atom. The molecule has 21 heavy (non-hydrogen) atoms. The molecule has 3 nitrogen and oxygen atoms in total. The summed E-state index contributed by atoms with van der Waals surface area (Å²) < 4.78 is 5.16. The van der Waals surface area contributed by atoms with Crippen molar-refractivity contribution in [3.05, 3.63) is 66.1 Å². The molecule has 0 aliphatic carbocycles. The summed E-state index contributed by atoms with van der Waals surface area (Å²) in [7, 11) is 3.35. The van der Waals surface area contributed by atoms with Crippen molar-refractivity contribution in [3.63, 3.8) is 0 Å². The Labute approximate surface area is 129 Å². The van der Waals surface area contributed by atoms with Crippen LogP contribution in [0.4, 0.5) is 5.69 Å². The van der Waals surface area contributed by atoms with Crippen LogP contribution in [0, 0.1) is 0 Å². The summed E-state index contributed by atoms with van der Waals surface area (Å²) in [5.41, 5.74) is 0.800. The highest BCUT2D eigenvalue weighted by Crippen LogP contribution is 2.21. The first-order chi connectivity index (χ1) is 10.2. The zero-order valence-electron chi connectivity index (χ0n) is 12.0. The Hall–Kier alpha value is -2.20. The number of hydrogen-bond donors (Lipinski definition) is 0. The van der Waals surface area contributed by atoms with E-state index in [9.17, 15) is 4.79 Å². The summed E-state index contributed by atoms with van der Waals surface area (Å²) in [6.07, 6.45) is 1.57. The van der Waals surface area contributed by atoms with Gasteiger partial charge in [0.05, 0.1) is 7.11 Å². The highest BCUT2D eigenvalue weighted by Gasteiger charge is 2.08. The molecule has 0 atom stereocenters. The standard InChI is InChI=1S/C17H17NO2S/c1-18(14-7-6-8-15(13-14)20-2)17(19)11-12-21-16-9-4-3-5-10-16/h3-13H,1-2H3/b12-11+.